The Morgan fingerprint density at radius 1 is 1.00 bits per heavy atom. The van der Waals surface area contributed by atoms with Crippen molar-refractivity contribution in [3.63, 3.8) is 0 Å². The van der Waals surface area contributed by atoms with Gasteiger partial charge in [-0.1, -0.05) is 58.3 Å². The zero-order valence-corrected chi connectivity index (χ0v) is 12.7. The summed E-state index contributed by atoms with van der Waals surface area (Å²) in [6, 6.07) is 0. The Morgan fingerprint density at radius 2 is 1.56 bits per heavy atom. The van der Waals surface area contributed by atoms with Gasteiger partial charge in [0.1, 0.15) is 5.82 Å². The van der Waals surface area contributed by atoms with Crippen LogP contribution in [-0.4, -0.2) is 14.8 Å². The van der Waals surface area contributed by atoms with Crippen molar-refractivity contribution < 1.29 is 0 Å². The van der Waals surface area contributed by atoms with Gasteiger partial charge in [0.05, 0.1) is 0 Å². The van der Waals surface area contributed by atoms with E-state index in [0.29, 0.717) is 4.77 Å². The molecule has 0 saturated heterocycles. The Bertz CT molecular complexity index is 367. The van der Waals surface area contributed by atoms with Gasteiger partial charge in [0, 0.05) is 13.5 Å². The highest BCUT2D eigenvalue weighted by Gasteiger charge is 1.99. The summed E-state index contributed by atoms with van der Waals surface area (Å²) in [5.74, 6) is 1.03. The summed E-state index contributed by atoms with van der Waals surface area (Å²) in [6.07, 6.45) is 13.3. The molecule has 0 radical (unpaired) electrons. The molecule has 1 N–H and O–H groups in total. The predicted molar refractivity (Wildman–Crippen MR) is 79.3 cm³/mol. The van der Waals surface area contributed by atoms with Crippen LogP contribution in [0.3, 0.4) is 0 Å². The van der Waals surface area contributed by atoms with Crippen LogP contribution in [0.4, 0.5) is 0 Å². The van der Waals surface area contributed by atoms with Gasteiger partial charge in [-0.15, -0.1) is 0 Å². The SMILES string of the molecule is CCCCCCCCCCCc1nc(=S)n(C)[nH]1. The molecule has 0 atom stereocenters. The topological polar surface area (TPSA) is 33.6 Å². The lowest BCUT2D eigenvalue weighted by atomic mass is 10.1. The van der Waals surface area contributed by atoms with Crippen LogP contribution >= 0.6 is 12.2 Å². The molecular formula is C14H27N3S. The van der Waals surface area contributed by atoms with Crippen molar-refractivity contribution in [2.75, 3.05) is 0 Å². The number of hydrogen-bond donors (Lipinski definition) is 1. The van der Waals surface area contributed by atoms with E-state index in [9.17, 15) is 0 Å². The second kappa shape index (κ2) is 9.31. The van der Waals surface area contributed by atoms with E-state index in [0.717, 1.165) is 12.2 Å². The molecule has 0 aromatic carbocycles. The van der Waals surface area contributed by atoms with Crippen molar-refractivity contribution >= 4 is 12.2 Å². The summed E-state index contributed by atoms with van der Waals surface area (Å²) >= 11 is 5.07. The second-order valence-electron chi connectivity index (χ2n) is 5.09. The molecule has 0 fully saturated rings. The van der Waals surface area contributed by atoms with Gasteiger partial charge in [-0.3, -0.25) is 9.78 Å². The summed E-state index contributed by atoms with van der Waals surface area (Å²) in [4.78, 5) is 4.30. The van der Waals surface area contributed by atoms with Gasteiger partial charge in [0.2, 0.25) is 4.77 Å². The first-order valence-electron chi connectivity index (χ1n) is 7.36. The molecule has 1 rings (SSSR count). The van der Waals surface area contributed by atoms with E-state index in [1.807, 2.05) is 7.05 Å². The highest BCUT2D eigenvalue weighted by atomic mass is 32.1. The minimum atomic E-state index is 0.654. The van der Waals surface area contributed by atoms with Crippen LogP contribution in [-0.2, 0) is 13.5 Å². The maximum atomic E-state index is 5.07. The van der Waals surface area contributed by atoms with Gasteiger partial charge in [0.15, 0.2) is 0 Å². The number of aromatic nitrogens is 3. The minimum Gasteiger partial charge on any atom is -0.283 e. The molecule has 104 valence electrons. The van der Waals surface area contributed by atoms with E-state index in [2.05, 4.69) is 17.0 Å². The first-order chi connectivity index (χ1) is 8.74. The maximum absolute atomic E-state index is 5.07. The molecule has 1 aromatic rings. The molecule has 0 spiro atoms. The van der Waals surface area contributed by atoms with E-state index < -0.39 is 0 Å². The number of nitrogens with one attached hydrogen (secondary N) is 1. The monoisotopic (exact) mass is 269 g/mol. The average molecular weight is 269 g/mol. The largest absolute Gasteiger partial charge is 0.283 e. The van der Waals surface area contributed by atoms with Gasteiger partial charge in [-0.25, -0.2) is 4.98 Å². The van der Waals surface area contributed by atoms with Crippen LogP contribution in [0.15, 0.2) is 0 Å². The van der Waals surface area contributed by atoms with E-state index in [4.69, 9.17) is 12.2 Å². The fourth-order valence-corrected chi connectivity index (χ4v) is 2.33. The maximum Gasteiger partial charge on any atom is 0.215 e. The predicted octanol–water partition coefficient (Wildman–Crippen LogP) is 4.55. The number of nitrogens with zero attached hydrogens (tertiary/aromatic N) is 2. The molecule has 4 heteroatoms. The van der Waals surface area contributed by atoms with Gasteiger partial charge in [0.25, 0.3) is 0 Å². The summed E-state index contributed by atoms with van der Waals surface area (Å²) < 4.78 is 2.46. The van der Waals surface area contributed by atoms with Crippen LogP contribution in [0, 0.1) is 4.77 Å². The first kappa shape index (κ1) is 15.4. The third-order valence-electron chi connectivity index (χ3n) is 3.33. The van der Waals surface area contributed by atoms with Crippen molar-refractivity contribution in [2.45, 2.75) is 71.1 Å². The van der Waals surface area contributed by atoms with Crippen LogP contribution in [0.1, 0.15) is 70.5 Å². The Morgan fingerprint density at radius 3 is 2.06 bits per heavy atom. The fourth-order valence-electron chi connectivity index (χ4n) is 2.17. The molecule has 0 bridgehead atoms. The van der Waals surface area contributed by atoms with Gasteiger partial charge in [-0.05, 0) is 18.6 Å². The number of unbranched alkanes of at least 4 members (excludes halogenated alkanes) is 8. The number of hydrogen-bond acceptors (Lipinski definition) is 2. The molecule has 0 aliphatic rings. The highest BCUT2D eigenvalue weighted by Crippen LogP contribution is 2.10. The molecule has 0 aliphatic carbocycles. The molecule has 18 heavy (non-hydrogen) atoms. The zero-order valence-electron chi connectivity index (χ0n) is 11.9. The minimum absolute atomic E-state index is 0.654. The quantitative estimate of drug-likeness (QED) is 0.499. The second-order valence-corrected chi connectivity index (χ2v) is 5.46. The molecule has 0 aliphatic heterocycles. The van der Waals surface area contributed by atoms with Crippen molar-refractivity contribution in [1.82, 2.24) is 14.8 Å². The standard InChI is InChI=1S/C14H27N3S/c1-3-4-5-6-7-8-9-10-11-12-13-15-14(18)17(2)16-13/h3-12H2,1-2H3,(H,15,16,18). The lowest BCUT2D eigenvalue weighted by Gasteiger charge is -2.01. The van der Waals surface area contributed by atoms with E-state index in [1.165, 1.54) is 57.8 Å². The molecule has 1 aromatic heterocycles. The molecule has 1 heterocycles. The zero-order chi connectivity index (χ0) is 13.2. The average Bonchev–Trinajstić information content (AvgIpc) is 2.67. The number of H-pyrrole nitrogens is 1. The van der Waals surface area contributed by atoms with E-state index in [-0.39, 0.29) is 0 Å². The molecule has 3 nitrogen and oxygen atoms in total. The summed E-state index contributed by atoms with van der Waals surface area (Å²) in [5.41, 5.74) is 0. The van der Waals surface area contributed by atoms with Gasteiger partial charge >= 0.3 is 0 Å². The van der Waals surface area contributed by atoms with Crippen molar-refractivity contribution in [1.29, 1.82) is 0 Å². The Labute approximate surface area is 116 Å². The lowest BCUT2D eigenvalue weighted by molar-refractivity contribution is 0.561. The third kappa shape index (κ3) is 6.34. The van der Waals surface area contributed by atoms with Crippen LogP contribution in [0.5, 0.6) is 0 Å². The number of aromatic amines is 1. The van der Waals surface area contributed by atoms with Crippen LogP contribution < -0.4 is 0 Å². The molecular weight excluding hydrogens is 242 g/mol. The third-order valence-corrected chi connectivity index (χ3v) is 3.70. The van der Waals surface area contributed by atoms with E-state index in [1.54, 1.807) is 4.68 Å². The fraction of sp³-hybridized carbons (Fsp3) is 0.857. The molecule has 0 unspecified atom stereocenters. The van der Waals surface area contributed by atoms with Crippen molar-refractivity contribution in [3.05, 3.63) is 10.6 Å². The van der Waals surface area contributed by atoms with Crippen LogP contribution in [0.25, 0.3) is 0 Å². The molecule has 0 amide bonds. The van der Waals surface area contributed by atoms with Gasteiger partial charge in [-0.2, -0.15) is 0 Å². The Kier molecular flexibility index (Phi) is 7.98. The molecule has 0 saturated carbocycles. The summed E-state index contributed by atoms with van der Waals surface area (Å²) in [7, 11) is 1.91. The summed E-state index contributed by atoms with van der Waals surface area (Å²) in [5, 5.41) is 3.17. The lowest BCUT2D eigenvalue weighted by Crippen LogP contribution is -1.92. The Hall–Kier alpha value is -0.640. The number of rotatable bonds is 10. The Balaban J connectivity index is 1.94. The number of aryl methyl sites for hydroxylation is 2. The van der Waals surface area contributed by atoms with Crippen LogP contribution in [0.2, 0.25) is 0 Å². The van der Waals surface area contributed by atoms with Crippen molar-refractivity contribution in [3.8, 4) is 0 Å². The van der Waals surface area contributed by atoms with Crippen molar-refractivity contribution in [2.24, 2.45) is 7.05 Å². The first-order valence-corrected chi connectivity index (χ1v) is 7.76. The highest BCUT2D eigenvalue weighted by molar-refractivity contribution is 7.71. The normalized spacial score (nSPS) is 11.0. The summed E-state index contributed by atoms with van der Waals surface area (Å²) in [6.45, 7) is 2.27. The van der Waals surface area contributed by atoms with E-state index >= 15 is 0 Å². The van der Waals surface area contributed by atoms with Gasteiger partial charge < -0.3 is 0 Å². The smallest absolute Gasteiger partial charge is 0.215 e.